The highest BCUT2D eigenvalue weighted by Crippen LogP contribution is 2.63. The first-order chi connectivity index (χ1) is 16.3. The molecule has 1 spiro atoms. The van der Waals surface area contributed by atoms with Crippen LogP contribution in [0.3, 0.4) is 0 Å². The number of aromatic amines is 2. The fourth-order valence-corrected chi connectivity index (χ4v) is 8.40. The monoisotopic (exact) mass is 470 g/mol. The molecule has 0 radical (unpaired) electrons. The third-order valence-electron chi connectivity index (χ3n) is 9.48. The number of H-pyrrole nitrogens is 2. The van der Waals surface area contributed by atoms with Crippen molar-refractivity contribution in [3.8, 4) is 11.3 Å². The van der Waals surface area contributed by atoms with Crippen molar-refractivity contribution in [1.29, 1.82) is 0 Å². The predicted octanol–water partition coefficient (Wildman–Crippen LogP) is 6.52. The summed E-state index contributed by atoms with van der Waals surface area (Å²) < 4.78 is 0. The second-order valence-corrected chi connectivity index (χ2v) is 11.1. The molecule has 3 N–H and O–H groups in total. The van der Waals surface area contributed by atoms with Crippen molar-refractivity contribution < 1.29 is 0 Å². The summed E-state index contributed by atoms with van der Waals surface area (Å²) in [5.74, 6) is 4.43. The van der Waals surface area contributed by atoms with Crippen molar-refractivity contribution in [3.05, 3.63) is 77.9 Å². The second-order valence-electron chi connectivity index (χ2n) is 11.1. The lowest BCUT2D eigenvalue weighted by Crippen LogP contribution is -2.65. The summed E-state index contributed by atoms with van der Waals surface area (Å²) in [6.07, 6.45) is 10.0. The number of hydrogen-bond donors (Lipinski definition) is 3. The number of rotatable bonds is 2. The van der Waals surface area contributed by atoms with E-state index in [-0.39, 0.29) is 24.0 Å². The number of aromatic nitrogens is 3. The first-order valence-corrected chi connectivity index (χ1v) is 12.8. The van der Waals surface area contributed by atoms with Gasteiger partial charge in [0.1, 0.15) is 5.82 Å². The number of halogens is 1. The van der Waals surface area contributed by atoms with Crippen LogP contribution in [0, 0.1) is 23.7 Å². The van der Waals surface area contributed by atoms with E-state index >= 15 is 0 Å². The fourth-order valence-electron chi connectivity index (χ4n) is 8.40. The van der Waals surface area contributed by atoms with Crippen molar-refractivity contribution in [2.24, 2.45) is 23.7 Å². The Morgan fingerprint density at radius 3 is 2.26 bits per heavy atom. The van der Waals surface area contributed by atoms with E-state index in [1.165, 1.54) is 59.8 Å². The Morgan fingerprint density at radius 2 is 1.50 bits per heavy atom. The van der Waals surface area contributed by atoms with Crippen LogP contribution in [0.15, 0.2) is 60.8 Å². The lowest BCUT2D eigenvalue weighted by molar-refractivity contribution is -0.0890. The molecule has 9 rings (SSSR count). The Morgan fingerprint density at radius 1 is 0.794 bits per heavy atom. The van der Waals surface area contributed by atoms with Crippen LogP contribution in [0.4, 0.5) is 0 Å². The zero-order valence-electron chi connectivity index (χ0n) is 19.3. The Hall–Kier alpha value is -2.56. The van der Waals surface area contributed by atoms with E-state index < -0.39 is 0 Å². The van der Waals surface area contributed by atoms with Crippen molar-refractivity contribution in [2.45, 2.75) is 50.1 Å². The van der Waals surface area contributed by atoms with Crippen LogP contribution < -0.4 is 5.32 Å². The summed E-state index contributed by atoms with van der Waals surface area (Å²) in [6, 6.07) is 19.7. The summed E-state index contributed by atoms with van der Waals surface area (Å²) >= 11 is 0. The number of imidazole rings is 1. The molecular formula is C29H31ClN4. The SMILES string of the molecule is Cl.c1ccc(-c2cnc(C3Cc4c([nH]c5ccccc45)C4(N3)C3CC5CC(C3)CC4C5)[nH]2)cc1. The van der Waals surface area contributed by atoms with E-state index in [1.807, 2.05) is 6.20 Å². The summed E-state index contributed by atoms with van der Waals surface area (Å²) in [4.78, 5) is 12.6. The molecule has 3 heterocycles. The molecule has 2 aromatic heterocycles. The van der Waals surface area contributed by atoms with E-state index in [2.05, 4.69) is 69.9 Å². The molecule has 2 aromatic carbocycles. The van der Waals surface area contributed by atoms with Gasteiger partial charge in [0.2, 0.25) is 0 Å². The fraction of sp³-hybridized carbons (Fsp3) is 0.414. The third-order valence-corrected chi connectivity index (χ3v) is 9.48. The topological polar surface area (TPSA) is 56.5 Å². The number of para-hydroxylation sites is 1. The molecule has 4 fully saturated rings. The van der Waals surface area contributed by atoms with Gasteiger partial charge in [0.05, 0.1) is 23.5 Å². The standard InChI is InChI=1S/C29H30N4.ClH/c1-2-6-19(7-3-1)26-16-30-28(32-26)25-15-23-22-8-4-5-9-24(22)31-27(23)29(33-25)20-11-17-10-18(13-20)14-21(29)12-17;/h1-9,16-18,20-21,25,31,33H,10-15H2,(H,30,32);1H. The third kappa shape index (κ3) is 2.79. The lowest BCUT2D eigenvalue weighted by atomic mass is 9.47. The van der Waals surface area contributed by atoms with Gasteiger partial charge in [-0.25, -0.2) is 4.98 Å². The highest BCUT2D eigenvalue weighted by molar-refractivity contribution is 5.86. The zero-order chi connectivity index (χ0) is 21.6. The molecule has 5 heteroatoms. The number of hydrogen-bond acceptors (Lipinski definition) is 2. The first kappa shape index (κ1) is 20.8. The first-order valence-electron chi connectivity index (χ1n) is 12.8. The zero-order valence-corrected chi connectivity index (χ0v) is 20.1. The van der Waals surface area contributed by atoms with E-state index in [9.17, 15) is 0 Å². The molecule has 4 bridgehead atoms. The van der Waals surface area contributed by atoms with Gasteiger partial charge < -0.3 is 9.97 Å². The van der Waals surface area contributed by atoms with Crippen LogP contribution in [0.2, 0.25) is 0 Å². The molecule has 5 aliphatic rings. The summed E-state index contributed by atoms with van der Waals surface area (Å²) in [7, 11) is 0. The highest BCUT2D eigenvalue weighted by atomic mass is 35.5. The maximum Gasteiger partial charge on any atom is 0.124 e. The van der Waals surface area contributed by atoms with E-state index in [4.69, 9.17) is 4.98 Å². The molecular weight excluding hydrogens is 440 g/mol. The normalized spacial score (nSPS) is 33.2. The van der Waals surface area contributed by atoms with E-state index in [1.54, 1.807) is 0 Å². The van der Waals surface area contributed by atoms with Gasteiger partial charge in [0.15, 0.2) is 0 Å². The molecule has 34 heavy (non-hydrogen) atoms. The van der Waals surface area contributed by atoms with Gasteiger partial charge in [-0.2, -0.15) is 0 Å². The second kappa shape index (κ2) is 7.47. The quantitative estimate of drug-likeness (QED) is 0.312. The molecule has 1 atom stereocenters. The number of nitrogens with zero attached hydrogens (tertiary/aromatic N) is 1. The molecule has 4 nitrogen and oxygen atoms in total. The smallest absolute Gasteiger partial charge is 0.124 e. The predicted molar refractivity (Wildman–Crippen MR) is 138 cm³/mol. The molecule has 174 valence electrons. The molecule has 4 aromatic rings. The Labute approximate surface area is 206 Å². The van der Waals surface area contributed by atoms with Gasteiger partial charge in [0.25, 0.3) is 0 Å². The highest BCUT2D eigenvalue weighted by Gasteiger charge is 2.61. The average Bonchev–Trinajstić information content (AvgIpc) is 3.48. The van der Waals surface area contributed by atoms with Gasteiger partial charge in [-0.1, -0.05) is 48.5 Å². The Bertz CT molecular complexity index is 1320. The van der Waals surface area contributed by atoms with Crippen LogP contribution in [0.25, 0.3) is 22.2 Å². The maximum absolute atomic E-state index is 4.92. The van der Waals surface area contributed by atoms with Crippen molar-refractivity contribution in [2.75, 3.05) is 0 Å². The van der Waals surface area contributed by atoms with Crippen molar-refractivity contribution in [3.63, 3.8) is 0 Å². The van der Waals surface area contributed by atoms with Crippen LogP contribution in [-0.2, 0) is 12.0 Å². The molecule has 4 saturated carbocycles. The van der Waals surface area contributed by atoms with Gasteiger partial charge in [0, 0.05) is 16.6 Å². The Kier molecular flexibility index (Phi) is 4.56. The minimum absolute atomic E-state index is 0. The summed E-state index contributed by atoms with van der Waals surface area (Å²) in [5.41, 5.74) is 6.69. The maximum atomic E-state index is 4.92. The van der Waals surface area contributed by atoms with Gasteiger partial charge >= 0.3 is 0 Å². The van der Waals surface area contributed by atoms with Crippen LogP contribution in [0.5, 0.6) is 0 Å². The van der Waals surface area contributed by atoms with E-state index in [0.717, 1.165) is 41.6 Å². The van der Waals surface area contributed by atoms with Crippen molar-refractivity contribution in [1.82, 2.24) is 20.3 Å². The van der Waals surface area contributed by atoms with Crippen LogP contribution in [-0.4, -0.2) is 15.0 Å². The molecule has 4 aliphatic carbocycles. The summed E-state index contributed by atoms with van der Waals surface area (Å²) in [6.45, 7) is 0. The minimum atomic E-state index is 0. The lowest BCUT2D eigenvalue weighted by Gasteiger charge is -2.63. The van der Waals surface area contributed by atoms with Crippen LogP contribution in [0.1, 0.15) is 55.2 Å². The van der Waals surface area contributed by atoms with Gasteiger partial charge in [-0.3, -0.25) is 5.32 Å². The molecule has 1 aliphatic heterocycles. The van der Waals surface area contributed by atoms with E-state index in [0.29, 0.717) is 0 Å². The van der Waals surface area contributed by atoms with Crippen molar-refractivity contribution >= 4 is 23.3 Å². The van der Waals surface area contributed by atoms with Gasteiger partial charge in [-0.15, -0.1) is 12.4 Å². The summed E-state index contributed by atoms with van der Waals surface area (Å²) in [5, 5.41) is 5.69. The molecule has 0 saturated heterocycles. The van der Waals surface area contributed by atoms with Crippen LogP contribution >= 0.6 is 12.4 Å². The molecule has 1 unspecified atom stereocenters. The molecule has 0 amide bonds. The minimum Gasteiger partial charge on any atom is -0.357 e. The largest absolute Gasteiger partial charge is 0.357 e. The number of nitrogens with one attached hydrogen (secondary N) is 3. The average molecular weight is 471 g/mol. The Balaban J connectivity index is 0.00000200. The number of benzene rings is 2. The van der Waals surface area contributed by atoms with Gasteiger partial charge in [-0.05, 0) is 79.4 Å². The number of fused-ring (bicyclic) bond motifs is 3.